The normalized spacial score (nSPS) is 11.6. The Labute approximate surface area is 201 Å². The molecule has 4 aromatic rings. The Kier molecular flexibility index (Phi) is 6.47. The summed E-state index contributed by atoms with van der Waals surface area (Å²) in [6, 6.07) is 16.1. The van der Waals surface area contributed by atoms with Crippen molar-refractivity contribution in [1.29, 1.82) is 0 Å². The molecule has 6 nitrogen and oxygen atoms in total. The van der Waals surface area contributed by atoms with E-state index in [2.05, 4.69) is 10.3 Å². The molecule has 0 radical (unpaired) electrons. The number of carbonyl (C=O) groups is 1. The van der Waals surface area contributed by atoms with Crippen molar-refractivity contribution in [1.82, 2.24) is 4.98 Å². The minimum absolute atomic E-state index is 0.0786. The Morgan fingerprint density at radius 1 is 1.06 bits per heavy atom. The number of nitrogens with one attached hydrogen (secondary N) is 1. The average molecular weight is 503 g/mol. The number of benzene rings is 2. The number of fused-ring (bicyclic) bond motifs is 1. The van der Waals surface area contributed by atoms with Crippen molar-refractivity contribution < 1.29 is 17.6 Å². The van der Waals surface area contributed by atoms with Crippen LogP contribution in [0.25, 0.3) is 33.5 Å². The molecule has 33 heavy (non-hydrogen) atoms. The van der Waals surface area contributed by atoms with Crippen molar-refractivity contribution >= 4 is 55.7 Å². The van der Waals surface area contributed by atoms with Crippen LogP contribution in [0.1, 0.15) is 19.8 Å². The molecule has 0 bridgehead atoms. The Morgan fingerprint density at radius 3 is 2.39 bits per heavy atom. The second-order valence-corrected chi connectivity index (χ2v) is 10.3. The minimum Gasteiger partial charge on any atom is -0.424 e. The predicted octanol–water partition coefficient (Wildman–Crippen LogP) is 6.61. The van der Waals surface area contributed by atoms with E-state index in [1.54, 1.807) is 24.3 Å². The summed E-state index contributed by atoms with van der Waals surface area (Å²) in [5, 5.41) is 3.79. The van der Waals surface area contributed by atoms with E-state index >= 15 is 0 Å². The molecule has 0 fully saturated rings. The van der Waals surface area contributed by atoms with Crippen molar-refractivity contribution in [2.45, 2.75) is 24.9 Å². The summed E-state index contributed by atoms with van der Waals surface area (Å²) >= 11 is 12.5. The maximum Gasteiger partial charge on any atom is 0.244 e. The van der Waals surface area contributed by atoms with Crippen molar-refractivity contribution in [3.05, 3.63) is 64.6 Å². The van der Waals surface area contributed by atoms with Gasteiger partial charge in [-0.3, -0.25) is 4.79 Å². The highest BCUT2D eigenvalue weighted by Gasteiger charge is 2.27. The molecule has 4 rings (SSSR count). The van der Waals surface area contributed by atoms with Crippen molar-refractivity contribution in [3.63, 3.8) is 0 Å². The Morgan fingerprint density at radius 2 is 1.76 bits per heavy atom. The molecule has 0 saturated heterocycles. The number of hydrogen-bond acceptors (Lipinski definition) is 5. The fourth-order valence-corrected chi connectivity index (χ4v) is 4.63. The second kappa shape index (κ2) is 9.17. The standard InChI is InChI=1S/C24H20Cl2N2O4S/c1-3-6-20(29)27-22-18-13-17(14-9-11-15(25)12-10-14)21(16-7-4-5-8-19(16)26)28-23(18)32-24(22)33(2,30)31/h4-5,7-13H,3,6H2,1-2H3,(H,27,29). The van der Waals surface area contributed by atoms with Crippen LogP contribution in [-0.2, 0) is 14.6 Å². The summed E-state index contributed by atoms with van der Waals surface area (Å²) < 4.78 is 30.6. The van der Waals surface area contributed by atoms with Gasteiger partial charge in [-0.05, 0) is 36.2 Å². The zero-order valence-electron chi connectivity index (χ0n) is 17.9. The van der Waals surface area contributed by atoms with Crippen LogP contribution in [0, 0.1) is 0 Å². The summed E-state index contributed by atoms with van der Waals surface area (Å²) in [4.78, 5) is 17.0. The number of halogens is 2. The highest BCUT2D eigenvalue weighted by Crippen LogP contribution is 2.41. The van der Waals surface area contributed by atoms with E-state index in [0.29, 0.717) is 38.7 Å². The molecule has 0 unspecified atom stereocenters. The molecular weight excluding hydrogens is 483 g/mol. The quantitative estimate of drug-likeness (QED) is 0.320. The monoisotopic (exact) mass is 502 g/mol. The third-order valence-corrected chi connectivity index (χ3v) is 6.56. The molecule has 9 heteroatoms. The van der Waals surface area contributed by atoms with E-state index in [1.807, 2.05) is 37.3 Å². The van der Waals surface area contributed by atoms with Crippen LogP contribution < -0.4 is 5.32 Å². The molecule has 0 spiro atoms. The van der Waals surface area contributed by atoms with Crippen molar-refractivity contribution in [2.24, 2.45) is 0 Å². The van der Waals surface area contributed by atoms with Crippen molar-refractivity contribution in [3.8, 4) is 22.4 Å². The molecule has 0 aliphatic carbocycles. The van der Waals surface area contributed by atoms with Crippen LogP contribution in [-0.4, -0.2) is 25.6 Å². The smallest absolute Gasteiger partial charge is 0.244 e. The third-order valence-electron chi connectivity index (χ3n) is 5.01. The van der Waals surface area contributed by atoms with E-state index in [-0.39, 0.29) is 28.8 Å². The highest BCUT2D eigenvalue weighted by molar-refractivity contribution is 7.90. The summed E-state index contributed by atoms with van der Waals surface area (Å²) in [6.07, 6.45) is 1.88. The number of anilines is 1. The topological polar surface area (TPSA) is 89.3 Å². The first-order valence-corrected chi connectivity index (χ1v) is 12.8. The Hall–Kier alpha value is -2.87. The van der Waals surface area contributed by atoms with E-state index in [4.69, 9.17) is 27.6 Å². The zero-order chi connectivity index (χ0) is 23.8. The average Bonchev–Trinajstić information content (AvgIpc) is 3.12. The van der Waals surface area contributed by atoms with Gasteiger partial charge in [-0.2, -0.15) is 0 Å². The van der Waals surface area contributed by atoms with Crippen LogP contribution in [0.4, 0.5) is 5.69 Å². The van der Waals surface area contributed by atoms with Crippen LogP contribution in [0.5, 0.6) is 0 Å². The lowest BCUT2D eigenvalue weighted by Crippen LogP contribution is -2.12. The van der Waals surface area contributed by atoms with Gasteiger partial charge in [0, 0.05) is 33.8 Å². The minimum atomic E-state index is -3.79. The molecule has 170 valence electrons. The maximum atomic E-state index is 12.5. The lowest BCUT2D eigenvalue weighted by molar-refractivity contribution is -0.116. The van der Waals surface area contributed by atoms with E-state index in [0.717, 1.165) is 11.8 Å². The van der Waals surface area contributed by atoms with Crippen LogP contribution in [0.15, 0.2) is 64.1 Å². The van der Waals surface area contributed by atoms with Gasteiger partial charge >= 0.3 is 0 Å². The van der Waals surface area contributed by atoms with Gasteiger partial charge in [-0.15, -0.1) is 0 Å². The van der Waals surface area contributed by atoms with Gasteiger partial charge in [0.15, 0.2) is 0 Å². The Balaban J connectivity index is 2.05. The molecule has 0 saturated carbocycles. The molecule has 1 N–H and O–H groups in total. The number of aromatic nitrogens is 1. The van der Waals surface area contributed by atoms with Gasteiger partial charge in [0.2, 0.25) is 26.6 Å². The van der Waals surface area contributed by atoms with Crippen LogP contribution >= 0.6 is 23.2 Å². The van der Waals surface area contributed by atoms with Gasteiger partial charge in [0.1, 0.15) is 5.69 Å². The van der Waals surface area contributed by atoms with Crippen LogP contribution in [0.2, 0.25) is 10.0 Å². The lowest BCUT2D eigenvalue weighted by Gasteiger charge is -2.12. The number of pyridine rings is 1. The molecule has 0 aliphatic heterocycles. The summed E-state index contributed by atoms with van der Waals surface area (Å²) in [7, 11) is -3.79. The first kappa shape index (κ1) is 23.3. The van der Waals surface area contributed by atoms with Gasteiger partial charge in [-0.25, -0.2) is 13.4 Å². The predicted molar refractivity (Wildman–Crippen MR) is 132 cm³/mol. The fraction of sp³-hybridized carbons (Fsp3) is 0.167. The largest absolute Gasteiger partial charge is 0.424 e. The molecule has 1 amide bonds. The molecule has 2 aromatic carbocycles. The molecule has 2 aromatic heterocycles. The zero-order valence-corrected chi connectivity index (χ0v) is 20.2. The number of amides is 1. The van der Waals surface area contributed by atoms with Crippen molar-refractivity contribution in [2.75, 3.05) is 11.6 Å². The molecule has 0 atom stereocenters. The highest BCUT2D eigenvalue weighted by atomic mass is 35.5. The SMILES string of the molecule is CCCC(=O)Nc1c(S(C)(=O)=O)oc2nc(-c3ccccc3Cl)c(-c3ccc(Cl)cc3)cc12. The summed E-state index contributed by atoms with van der Waals surface area (Å²) in [5.74, 6) is -0.312. The third kappa shape index (κ3) is 4.76. The number of rotatable bonds is 6. The fourth-order valence-electron chi connectivity index (χ4n) is 3.52. The number of sulfone groups is 1. The first-order chi connectivity index (χ1) is 15.7. The number of hydrogen-bond donors (Lipinski definition) is 1. The number of carbonyl (C=O) groups excluding carboxylic acids is 1. The second-order valence-electron chi connectivity index (χ2n) is 7.56. The molecule has 2 heterocycles. The molecular formula is C24H20Cl2N2O4S. The molecule has 0 aliphatic rings. The number of furan rings is 1. The summed E-state index contributed by atoms with van der Waals surface area (Å²) in [5.41, 5.74) is 2.79. The van der Waals surface area contributed by atoms with E-state index in [1.165, 1.54) is 0 Å². The van der Waals surface area contributed by atoms with E-state index < -0.39 is 9.84 Å². The van der Waals surface area contributed by atoms with Gasteiger partial charge in [-0.1, -0.05) is 60.5 Å². The number of nitrogens with zero attached hydrogens (tertiary/aromatic N) is 1. The van der Waals surface area contributed by atoms with Gasteiger partial charge in [0.25, 0.3) is 0 Å². The lowest BCUT2D eigenvalue weighted by atomic mass is 9.98. The van der Waals surface area contributed by atoms with Gasteiger partial charge in [0.05, 0.1) is 11.1 Å². The van der Waals surface area contributed by atoms with E-state index in [9.17, 15) is 13.2 Å². The Bertz CT molecular complexity index is 1460. The summed E-state index contributed by atoms with van der Waals surface area (Å²) in [6.45, 7) is 1.86. The van der Waals surface area contributed by atoms with Gasteiger partial charge < -0.3 is 9.73 Å². The first-order valence-electron chi connectivity index (χ1n) is 10.2. The maximum absolute atomic E-state index is 12.5. The van der Waals surface area contributed by atoms with Crippen LogP contribution in [0.3, 0.4) is 0 Å².